The number of likely N-dealkylation sites (tertiary alicyclic amines) is 2. The van der Waals surface area contributed by atoms with Crippen molar-refractivity contribution in [2.45, 2.75) is 31.0 Å². The van der Waals surface area contributed by atoms with E-state index in [1.165, 1.54) is 9.80 Å². The highest BCUT2D eigenvalue weighted by atomic mass is 16.5. The van der Waals surface area contributed by atoms with Gasteiger partial charge >= 0.3 is 5.97 Å². The van der Waals surface area contributed by atoms with Crippen molar-refractivity contribution < 1.29 is 39.2 Å². The fraction of sp³-hybridized carbons (Fsp3) is 0.224. The van der Waals surface area contributed by atoms with Gasteiger partial charge in [0.05, 0.1) is 41.8 Å². The summed E-state index contributed by atoms with van der Waals surface area (Å²) in [6.07, 6.45) is 9.97. The van der Waals surface area contributed by atoms with Crippen molar-refractivity contribution in [1.82, 2.24) is 39.7 Å². The Bertz CT molecular complexity index is 2900. The maximum Gasteiger partial charge on any atom is 0.356 e. The van der Waals surface area contributed by atoms with E-state index in [4.69, 9.17) is 15.6 Å². The summed E-state index contributed by atoms with van der Waals surface area (Å²) in [6, 6.07) is 21.1. The largest absolute Gasteiger partial charge is 0.461 e. The van der Waals surface area contributed by atoms with Gasteiger partial charge in [0.25, 0.3) is 17.7 Å². The van der Waals surface area contributed by atoms with Crippen LogP contribution in [0.15, 0.2) is 110 Å². The quantitative estimate of drug-likeness (QED) is 0.133. The molecule has 0 radical (unpaired) electrons. The monoisotopic (exact) mass is 887 g/mol. The highest BCUT2D eigenvalue weighted by molar-refractivity contribution is 5.94. The fourth-order valence-corrected chi connectivity index (χ4v) is 6.79. The lowest BCUT2D eigenvalue weighted by Crippen LogP contribution is -2.37. The number of hydrogen-bond donors (Lipinski definition) is 4. The van der Waals surface area contributed by atoms with Crippen molar-refractivity contribution in [3.8, 4) is 68.7 Å². The van der Waals surface area contributed by atoms with E-state index in [0.29, 0.717) is 69.2 Å². The Morgan fingerprint density at radius 1 is 0.667 bits per heavy atom. The van der Waals surface area contributed by atoms with E-state index in [-0.39, 0.29) is 30.8 Å². The molecule has 0 unspecified atom stereocenters. The van der Waals surface area contributed by atoms with Crippen LogP contribution in [-0.4, -0.2) is 131 Å². The number of likely N-dealkylation sites (N-methyl/N-ethyl adjacent to an activating group) is 2. The average molecular weight is 888 g/mol. The third-order valence-electron chi connectivity index (χ3n) is 10.3. The summed E-state index contributed by atoms with van der Waals surface area (Å²) in [5.74, 6) is 9.21. The lowest BCUT2D eigenvalue weighted by Gasteiger charge is -2.13. The molecule has 2 aliphatic rings. The number of hydrogen-bond acceptors (Lipinski definition) is 14. The summed E-state index contributed by atoms with van der Waals surface area (Å²) in [4.78, 5) is 77.0. The molecule has 17 heteroatoms. The molecule has 0 bridgehead atoms. The lowest BCUT2D eigenvalue weighted by atomic mass is 10.0. The number of ether oxygens (including phenoxy) is 1. The van der Waals surface area contributed by atoms with E-state index in [1.807, 2.05) is 18.2 Å². The van der Waals surface area contributed by atoms with Crippen molar-refractivity contribution in [1.29, 1.82) is 0 Å². The van der Waals surface area contributed by atoms with Gasteiger partial charge in [-0.1, -0.05) is 47.9 Å². The number of pyridine rings is 2. The van der Waals surface area contributed by atoms with Gasteiger partial charge in [-0.25, -0.2) is 14.8 Å². The van der Waals surface area contributed by atoms with Gasteiger partial charge in [-0.05, 0) is 55.5 Å². The highest BCUT2D eigenvalue weighted by Gasteiger charge is 2.43. The number of rotatable bonds is 7. The molecule has 6 heterocycles. The molecule has 6 aromatic rings. The van der Waals surface area contributed by atoms with E-state index in [9.17, 15) is 29.4 Å². The number of carbonyl (C=O) groups excluding carboxylic acids is 4. The maximum absolute atomic E-state index is 12.4. The third-order valence-corrected chi connectivity index (χ3v) is 10.3. The maximum atomic E-state index is 12.4. The zero-order valence-electron chi connectivity index (χ0n) is 36.5. The predicted molar refractivity (Wildman–Crippen MR) is 242 cm³/mol. The van der Waals surface area contributed by atoms with Crippen molar-refractivity contribution in [2.75, 3.05) is 40.9 Å². The minimum atomic E-state index is -1.67. The van der Waals surface area contributed by atoms with Crippen LogP contribution in [0.25, 0.3) is 45.0 Å². The van der Waals surface area contributed by atoms with Crippen LogP contribution in [0.3, 0.4) is 0 Å². The summed E-state index contributed by atoms with van der Waals surface area (Å²) in [5, 5.41) is 28.0. The fourth-order valence-electron chi connectivity index (χ4n) is 6.79. The molecule has 3 amide bonds. The van der Waals surface area contributed by atoms with Gasteiger partial charge in [-0.2, -0.15) is 0 Å². The molecule has 2 atom stereocenters. The third kappa shape index (κ3) is 11.1. The number of carbonyl (C=O) groups is 4. The van der Waals surface area contributed by atoms with Crippen LogP contribution in [0, 0.1) is 23.7 Å². The lowest BCUT2D eigenvalue weighted by molar-refractivity contribution is -0.138. The molecule has 2 aliphatic heterocycles. The molecule has 2 saturated heterocycles. The summed E-state index contributed by atoms with van der Waals surface area (Å²) < 4.78 is 5.14. The van der Waals surface area contributed by atoms with Crippen molar-refractivity contribution in [3.05, 3.63) is 132 Å². The number of benzene rings is 2. The van der Waals surface area contributed by atoms with Gasteiger partial charge in [0, 0.05) is 105 Å². The van der Waals surface area contributed by atoms with E-state index in [1.54, 1.807) is 113 Å². The number of primary amides is 1. The second-order valence-electron chi connectivity index (χ2n) is 14.9. The van der Waals surface area contributed by atoms with Crippen LogP contribution < -0.4 is 5.73 Å². The number of aliphatic hydroxyl groups excluding tert-OH is 1. The predicted octanol–water partition coefficient (Wildman–Crippen LogP) is 3.18. The van der Waals surface area contributed by atoms with Crippen molar-refractivity contribution in [2.24, 2.45) is 5.73 Å². The Labute approximate surface area is 380 Å². The molecule has 0 spiro atoms. The minimum Gasteiger partial charge on any atom is -0.461 e. The minimum absolute atomic E-state index is 0.101. The van der Waals surface area contributed by atoms with Gasteiger partial charge in [0.1, 0.15) is 11.4 Å². The van der Waals surface area contributed by atoms with Gasteiger partial charge in [-0.3, -0.25) is 34.3 Å². The SMILES string of the molecule is CCOC(=O)c1cc(-c2cnccn2)cc(-c2cccc(C#C[C@]3(O)CCN(C)C3=O)c2)n1.CN1CC[C@@](O)(C#Cc2cccc(-c3cc(-c4cnccn4)cc(C(N)=O)n3)c2)C1=O.CO. The van der Waals surface area contributed by atoms with Crippen LogP contribution in [0.5, 0.6) is 0 Å². The number of amides is 3. The second kappa shape index (κ2) is 21.0. The summed E-state index contributed by atoms with van der Waals surface area (Å²) in [6.45, 7) is 2.88. The molecule has 2 fully saturated rings. The number of nitrogens with two attached hydrogens (primary N) is 1. The first-order chi connectivity index (χ1) is 31.7. The molecule has 0 saturated carbocycles. The van der Waals surface area contributed by atoms with Gasteiger partial charge in [-0.15, -0.1) is 0 Å². The Balaban J connectivity index is 0.000000211. The van der Waals surface area contributed by atoms with Crippen LogP contribution in [-0.2, 0) is 14.3 Å². The normalized spacial score (nSPS) is 17.2. The van der Waals surface area contributed by atoms with Crippen molar-refractivity contribution in [3.63, 3.8) is 0 Å². The van der Waals surface area contributed by atoms with E-state index in [2.05, 4.69) is 53.6 Å². The summed E-state index contributed by atoms with van der Waals surface area (Å²) in [5.41, 5.74) is 8.51. The molecular formula is C49H45N9O8. The second-order valence-corrected chi connectivity index (χ2v) is 14.9. The first-order valence-corrected chi connectivity index (χ1v) is 20.5. The zero-order chi connectivity index (χ0) is 47.4. The van der Waals surface area contributed by atoms with Gasteiger partial charge < -0.3 is 35.6 Å². The number of esters is 1. The molecule has 5 N–H and O–H groups in total. The Kier molecular flexibility index (Phi) is 15.0. The Hall–Kier alpha value is -8.22. The molecule has 8 rings (SSSR count). The molecule has 0 aliphatic carbocycles. The average Bonchev–Trinajstić information content (AvgIpc) is 3.77. The number of aromatic nitrogens is 6. The molecule has 334 valence electrons. The van der Waals surface area contributed by atoms with E-state index < -0.39 is 34.9 Å². The van der Waals surface area contributed by atoms with E-state index >= 15 is 0 Å². The smallest absolute Gasteiger partial charge is 0.356 e. The first kappa shape index (κ1) is 47.3. The van der Waals surface area contributed by atoms with Crippen LogP contribution >= 0.6 is 0 Å². The van der Waals surface area contributed by atoms with Crippen LogP contribution in [0.1, 0.15) is 51.9 Å². The number of nitrogens with zero attached hydrogens (tertiary/aromatic N) is 8. The molecule has 4 aromatic heterocycles. The number of aliphatic hydroxyl groups is 3. The van der Waals surface area contributed by atoms with Crippen LogP contribution in [0.2, 0.25) is 0 Å². The molecule has 17 nitrogen and oxygen atoms in total. The Morgan fingerprint density at radius 3 is 1.52 bits per heavy atom. The van der Waals surface area contributed by atoms with Gasteiger partial charge in [0.2, 0.25) is 11.2 Å². The molecule has 66 heavy (non-hydrogen) atoms. The van der Waals surface area contributed by atoms with Crippen LogP contribution in [0.4, 0.5) is 0 Å². The topological polar surface area (TPSA) is 248 Å². The van der Waals surface area contributed by atoms with E-state index in [0.717, 1.165) is 7.11 Å². The Morgan fingerprint density at radius 2 is 1.12 bits per heavy atom. The zero-order valence-corrected chi connectivity index (χ0v) is 36.5. The standard InChI is InChI=1S/C25H22N4O4.C23H19N5O3.CH4O/c1-3-33-23(30)21-15-19(22-16-26-10-11-27-22)14-20(28-21)18-6-4-5-17(13-18)7-8-25(32)9-12-29(2)24(25)31;1-28-10-7-23(31,22(28)30)6-5-15-3-2-4-16(11-15)18-12-17(13-19(27-18)21(24)29)20-14-25-8-9-26-20;1-2/h4-6,10-11,13-16,32H,3,9,12H2,1-2H3;2-4,8-9,11-14,31H,7,10H2,1H3,(H2,24,29);2H,1H3/t25-;23-;/m00./s1. The first-order valence-electron chi connectivity index (χ1n) is 20.5. The van der Waals surface area contributed by atoms with Gasteiger partial charge in [0.15, 0.2) is 0 Å². The summed E-state index contributed by atoms with van der Waals surface area (Å²) in [7, 11) is 4.27. The van der Waals surface area contributed by atoms with Crippen molar-refractivity contribution >= 4 is 23.7 Å². The molecule has 2 aromatic carbocycles. The molecular weight excluding hydrogens is 843 g/mol. The summed E-state index contributed by atoms with van der Waals surface area (Å²) >= 11 is 0. The highest BCUT2D eigenvalue weighted by Crippen LogP contribution is 2.28.